The average molecular weight is 298 g/mol. The fraction of sp³-hybridized carbons (Fsp3) is 0.625. The first-order chi connectivity index (χ1) is 9.94. The summed E-state index contributed by atoms with van der Waals surface area (Å²) in [5.74, 6) is -2.73. The van der Waals surface area contributed by atoms with E-state index in [1.165, 1.54) is 31.4 Å². The lowest BCUT2D eigenvalue weighted by Crippen LogP contribution is -2.52. The highest BCUT2D eigenvalue weighted by atomic mass is 19.1. The van der Waals surface area contributed by atoms with E-state index in [9.17, 15) is 8.78 Å². The minimum absolute atomic E-state index is 0.131. The molecule has 0 atom stereocenters. The number of phenols is 1. The number of aromatic hydroxyl groups is 1. The van der Waals surface area contributed by atoms with Crippen LogP contribution in [-0.4, -0.2) is 36.2 Å². The molecule has 1 fully saturated rings. The van der Waals surface area contributed by atoms with Gasteiger partial charge in [-0.2, -0.15) is 0 Å². The molecule has 1 saturated carbocycles. The maximum absolute atomic E-state index is 13.3. The highest BCUT2D eigenvalue weighted by Crippen LogP contribution is 2.31. The molecule has 5 heteroatoms. The summed E-state index contributed by atoms with van der Waals surface area (Å²) < 4.78 is 26.6. The van der Waals surface area contributed by atoms with Crippen LogP contribution >= 0.6 is 0 Å². The molecule has 0 aromatic heterocycles. The molecule has 1 aromatic rings. The van der Waals surface area contributed by atoms with Gasteiger partial charge in [0.1, 0.15) is 0 Å². The number of benzene rings is 1. The van der Waals surface area contributed by atoms with Gasteiger partial charge in [0.25, 0.3) is 0 Å². The third-order valence-electron chi connectivity index (χ3n) is 4.59. The summed E-state index contributed by atoms with van der Waals surface area (Å²) in [6.45, 7) is 1.19. The molecule has 118 valence electrons. The highest BCUT2D eigenvalue weighted by molar-refractivity contribution is 5.29. The molecule has 0 bridgehead atoms. The summed E-state index contributed by atoms with van der Waals surface area (Å²) in [6.07, 6.45) is 6.02. The molecule has 0 radical (unpaired) electrons. The van der Waals surface area contributed by atoms with Crippen molar-refractivity contribution >= 4 is 0 Å². The van der Waals surface area contributed by atoms with Crippen molar-refractivity contribution in [1.29, 1.82) is 0 Å². The van der Waals surface area contributed by atoms with E-state index in [0.717, 1.165) is 19.4 Å². The minimum Gasteiger partial charge on any atom is -0.503 e. The van der Waals surface area contributed by atoms with Crippen LogP contribution in [0.15, 0.2) is 12.1 Å². The molecule has 2 N–H and O–H groups in total. The molecule has 0 aliphatic heterocycles. The lowest BCUT2D eigenvalue weighted by Gasteiger charge is -2.43. The number of hydrogen-bond donors (Lipinski definition) is 2. The zero-order valence-electron chi connectivity index (χ0n) is 12.8. The first-order valence-corrected chi connectivity index (χ1v) is 7.50. The van der Waals surface area contributed by atoms with Crippen molar-refractivity contribution in [2.24, 2.45) is 0 Å². The minimum atomic E-state index is -0.910. The molecule has 0 heterocycles. The van der Waals surface area contributed by atoms with Crippen LogP contribution in [-0.2, 0) is 6.54 Å². The van der Waals surface area contributed by atoms with E-state index in [2.05, 4.69) is 24.3 Å². The molecule has 0 unspecified atom stereocenters. The maximum Gasteiger partial charge on any atom is 0.187 e. The summed E-state index contributed by atoms with van der Waals surface area (Å²) in [7, 11) is 4.18. The predicted octanol–water partition coefficient (Wildman–Crippen LogP) is 3.02. The number of halogens is 2. The summed E-state index contributed by atoms with van der Waals surface area (Å²) >= 11 is 0. The van der Waals surface area contributed by atoms with Gasteiger partial charge in [-0.25, -0.2) is 8.78 Å². The fourth-order valence-electron chi connectivity index (χ4n) is 3.15. The van der Waals surface area contributed by atoms with Crippen LogP contribution in [0.1, 0.15) is 37.7 Å². The molecule has 2 rings (SSSR count). The van der Waals surface area contributed by atoms with Crippen LogP contribution in [0, 0.1) is 11.6 Å². The molecule has 0 saturated heterocycles. The summed E-state index contributed by atoms with van der Waals surface area (Å²) in [5.41, 5.74) is 0.638. The van der Waals surface area contributed by atoms with Crippen LogP contribution in [0.2, 0.25) is 0 Å². The van der Waals surface area contributed by atoms with Crippen LogP contribution < -0.4 is 5.32 Å². The molecule has 3 nitrogen and oxygen atoms in total. The number of likely N-dealkylation sites (N-methyl/N-ethyl adjacent to an activating group) is 1. The Morgan fingerprint density at radius 2 is 1.71 bits per heavy atom. The zero-order chi connectivity index (χ0) is 15.5. The zero-order valence-corrected chi connectivity index (χ0v) is 12.8. The number of nitrogens with one attached hydrogen (secondary N) is 1. The molecular formula is C16H24F2N2O. The molecule has 0 amide bonds. The van der Waals surface area contributed by atoms with E-state index in [1.807, 2.05) is 0 Å². The third kappa shape index (κ3) is 3.71. The van der Waals surface area contributed by atoms with Gasteiger partial charge < -0.3 is 15.3 Å². The molecule has 1 aromatic carbocycles. The van der Waals surface area contributed by atoms with Gasteiger partial charge in [-0.05, 0) is 44.6 Å². The Bertz CT molecular complexity index is 462. The molecule has 21 heavy (non-hydrogen) atoms. The predicted molar refractivity (Wildman–Crippen MR) is 79.2 cm³/mol. The fourth-order valence-corrected chi connectivity index (χ4v) is 3.15. The topological polar surface area (TPSA) is 35.5 Å². The van der Waals surface area contributed by atoms with Crippen LogP contribution in [0.4, 0.5) is 8.78 Å². The van der Waals surface area contributed by atoms with Gasteiger partial charge in [0, 0.05) is 18.6 Å². The highest BCUT2D eigenvalue weighted by Gasteiger charge is 2.33. The van der Waals surface area contributed by atoms with Gasteiger partial charge in [0.2, 0.25) is 0 Å². The second-order valence-electron chi connectivity index (χ2n) is 6.19. The van der Waals surface area contributed by atoms with Crippen molar-refractivity contribution in [3.05, 3.63) is 29.3 Å². The van der Waals surface area contributed by atoms with E-state index in [1.54, 1.807) is 0 Å². The van der Waals surface area contributed by atoms with Crippen molar-refractivity contribution in [3.8, 4) is 5.75 Å². The van der Waals surface area contributed by atoms with Gasteiger partial charge in [-0.15, -0.1) is 0 Å². The summed E-state index contributed by atoms with van der Waals surface area (Å²) in [5, 5.41) is 12.4. The Labute approximate surface area is 125 Å². The average Bonchev–Trinajstić information content (AvgIpc) is 2.45. The molecule has 0 spiro atoms. The Morgan fingerprint density at radius 3 is 2.24 bits per heavy atom. The van der Waals surface area contributed by atoms with Crippen molar-refractivity contribution < 1.29 is 13.9 Å². The lowest BCUT2D eigenvalue weighted by atomic mass is 9.80. The number of hydrogen-bond acceptors (Lipinski definition) is 3. The van der Waals surface area contributed by atoms with Gasteiger partial charge in [-0.3, -0.25) is 0 Å². The third-order valence-corrected chi connectivity index (χ3v) is 4.59. The first-order valence-electron chi connectivity index (χ1n) is 7.50. The number of phenolic OH excluding ortho intramolecular Hbond substituents is 1. The van der Waals surface area contributed by atoms with Crippen LogP contribution in [0.5, 0.6) is 5.75 Å². The Morgan fingerprint density at radius 1 is 1.14 bits per heavy atom. The van der Waals surface area contributed by atoms with E-state index in [-0.39, 0.29) is 5.54 Å². The van der Waals surface area contributed by atoms with E-state index < -0.39 is 17.4 Å². The van der Waals surface area contributed by atoms with Crippen molar-refractivity contribution in [1.82, 2.24) is 10.2 Å². The second kappa shape index (κ2) is 6.71. The standard InChI is InChI=1S/C16H24F2N2O/c1-20(2)16(6-4-3-5-7-16)11-19-10-12-8-13(17)15(21)14(18)9-12/h8-9,19,21H,3-7,10-11H2,1-2H3. The molecule has 1 aliphatic carbocycles. The Hall–Kier alpha value is -1.20. The normalized spacial score (nSPS) is 18.1. The summed E-state index contributed by atoms with van der Waals surface area (Å²) in [6, 6.07) is 2.35. The smallest absolute Gasteiger partial charge is 0.187 e. The van der Waals surface area contributed by atoms with Crippen LogP contribution in [0.25, 0.3) is 0 Å². The van der Waals surface area contributed by atoms with Gasteiger partial charge in [0.15, 0.2) is 17.4 Å². The first kappa shape index (κ1) is 16.2. The lowest BCUT2D eigenvalue weighted by molar-refractivity contribution is 0.0984. The van der Waals surface area contributed by atoms with Gasteiger partial charge >= 0.3 is 0 Å². The van der Waals surface area contributed by atoms with E-state index >= 15 is 0 Å². The van der Waals surface area contributed by atoms with E-state index in [0.29, 0.717) is 12.1 Å². The monoisotopic (exact) mass is 298 g/mol. The van der Waals surface area contributed by atoms with E-state index in [4.69, 9.17) is 5.11 Å². The SMILES string of the molecule is CN(C)C1(CNCc2cc(F)c(O)c(F)c2)CCCCC1. The van der Waals surface area contributed by atoms with Crippen molar-refractivity contribution in [2.75, 3.05) is 20.6 Å². The Balaban J connectivity index is 1.96. The number of nitrogens with zero attached hydrogens (tertiary/aromatic N) is 1. The van der Waals surface area contributed by atoms with Crippen LogP contribution in [0.3, 0.4) is 0 Å². The quantitative estimate of drug-likeness (QED) is 0.877. The van der Waals surface area contributed by atoms with Gasteiger partial charge in [-0.1, -0.05) is 19.3 Å². The Kier molecular flexibility index (Phi) is 5.17. The maximum atomic E-state index is 13.3. The van der Waals surface area contributed by atoms with Crippen molar-refractivity contribution in [2.45, 2.75) is 44.2 Å². The summed E-state index contributed by atoms with van der Waals surface area (Å²) in [4.78, 5) is 2.26. The molecular weight excluding hydrogens is 274 g/mol. The largest absolute Gasteiger partial charge is 0.503 e. The second-order valence-corrected chi connectivity index (χ2v) is 6.19. The number of rotatable bonds is 5. The van der Waals surface area contributed by atoms with Gasteiger partial charge in [0.05, 0.1) is 0 Å². The molecule has 1 aliphatic rings. The van der Waals surface area contributed by atoms with Crippen molar-refractivity contribution in [3.63, 3.8) is 0 Å².